The molecule has 0 aliphatic heterocycles. The summed E-state index contributed by atoms with van der Waals surface area (Å²) in [6.45, 7) is 5.04. The summed E-state index contributed by atoms with van der Waals surface area (Å²) in [6.07, 6.45) is 4.72. The van der Waals surface area contributed by atoms with Crippen LogP contribution in [-0.2, 0) is 4.79 Å². The van der Waals surface area contributed by atoms with Crippen LogP contribution >= 0.6 is 0 Å². The SMILES string of the molecule is CN(CC(N)C(=O)O)C1CCC(C)(C)CC1. The normalized spacial score (nSPS) is 23.3. The van der Waals surface area contributed by atoms with Crippen molar-refractivity contribution >= 4 is 5.97 Å². The Labute approximate surface area is 97.8 Å². The number of nitrogens with zero attached hydrogens (tertiary/aromatic N) is 1. The molecule has 3 N–H and O–H groups in total. The molecule has 0 bridgehead atoms. The van der Waals surface area contributed by atoms with Gasteiger partial charge in [0, 0.05) is 12.6 Å². The second-order valence-electron chi connectivity index (χ2n) is 5.78. The first-order valence-corrected chi connectivity index (χ1v) is 6.00. The van der Waals surface area contributed by atoms with Crippen molar-refractivity contribution in [2.75, 3.05) is 13.6 Å². The summed E-state index contributed by atoms with van der Waals surface area (Å²) in [5.41, 5.74) is 5.99. The van der Waals surface area contributed by atoms with Crippen molar-refractivity contribution < 1.29 is 9.90 Å². The zero-order chi connectivity index (χ0) is 12.3. The highest BCUT2D eigenvalue weighted by Gasteiger charge is 2.29. The van der Waals surface area contributed by atoms with Crippen molar-refractivity contribution in [3.05, 3.63) is 0 Å². The lowest BCUT2D eigenvalue weighted by molar-refractivity contribution is -0.139. The minimum atomic E-state index is -0.914. The van der Waals surface area contributed by atoms with E-state index in [0.717, 1.165) is 12.8 Å². The number of rotatable bonds is 4. The zero-order valence-corrected chi connectivity index (χ0v) is 10.6. The van der Waals surface area contributed by atoms with Crippen LogP contribution in [0.3, 0.4) is 0 Å². The van der Waals surface area contributed by atoms with Crippen molar-refractivity contribution in [3.63, 3.8) is 0 Å². The lowest BCUT2D eigenvalue weighted by Gasteiger charge is -2.39. The maximum Gasteiger partial charge on any atom is 0.321 e. The molecule has 0 saturated heterocycles. The predicted molar refractivity (Wildman–Crippen MR) is 64.3 cm³/mol. The van der Waals surface area contributed by atoms with Crippen LogP contribution in [0.5, 0.6) is 0 Å². The monoisotopic (exact) mass is 228 g/mol. The van der Waals surface area contributed by atoms with Crippen molar-refractivity contribution in [1.82, 2.24) is 4.90 Å². The molecule has 16 heavy (non-hydrogen) atoms. The molecule has 1 atom stereocenters. The van der Waals surface area contributed by atoms with E-state index in [4.69, 9.17) is 10.8 Å². The topological polar surface area (TPSA) is 66.6 Å². The Morgan fingerprint density at radius 3 is 2.44 bits per heavy atom. The van der Waals surface area contributed by atoms with Gasteiger partial charge < -0.3 is 15.7 Å². The molecule has 94 valence electrons. The van der Waals surface area contributed by atoms with E-state index >= 15 is 0 Å². The number of nitrogens with two attached hydrogens (primary N) is 1. The smallest absolute Gasteiger partial charge is 0.321 e. The molecule has 1 rings (SSSR count). The molecule has 0 spiro atoms. The molecule has 1 fully saturated rings. The average Bonchev–Trinajstić information content (AvgIpc) is 2.17. The number of carboxylic acid groups (broad SMARTS) is 1. The quantitative estimate of drug-likeness (QED) is 0.761. The molecule has 1 aliphatic rings. The molecule has 0 radical (unpaired) electrons. The van der Waals surface area contributed by atoms with Crippen LogP contribution in [-0.4, -0.2) is 41.7 Å². The summed E-state index contributed by atoms with van der Waals surface area (Å²) in [5, 5.41) is 8.76. The number of hydrogen-bond donors (Lipinski definition) is 2. The minimum Gasteiger partial charge on any atom is -0.480 e. The van der Waals surface area contributed by atoms with Gasteiger partial charge in [-0.25, -0.2) is 0 Å². The van der Waals surface area contributed by atoms with Gasteiger partial charge in [0.05, 0.1) is 0 Å². The third-order valence-electron chi connectivity index (χ3n) is 3.73. The van der Waals surface area contributed by atoms with E-state index < -0.39 is 12.0 Å². The summed E-state index contributed by atoms with van der Waals surface area (Å²) in [6, 6.07) is -0.265. The Morgan fingerprint density at radius 2 is 2.00 bits per heavy atom. The molecule has 0 amide bonds. The molecular weight excluding hydrogens is 204 g/mol. The van der Waals surface area contributed by atoms with Gasteiger partial charge in [-0.3, -0.25) is 4.79 Å². The molecule has 0 aromatic carbocycles. The van der Waals surface area contributed by atoms with E-state index in [0.29, 0.717) is 18.0 Å². The molecule has 1 unspecified atom stereocenters. The lowest BCUT2D eigenvalue weighted by Crippen LogP contribution is -2.46. The molecule has 0 aromatic heterocycles. The van der Waals surface area contributed by atoms with Crippen LogP contribution in [0, 0.1) is 5.41 Å². The van der Waals surface area contributed by atoms with E-state index in [2.05, 4.69) is 18.7 Å². The first-order chi connectivity index (χ1) is 7.32. The van der Waals surface area contributed by atoms with Crippen LogP contribution in [0.4, 0.5) is 0 Å². The van der Waals surface area contributed by atoms with E-state index in [1.54, 1.807) is 0 Å². The number of carbonyl (C=O) groups is 1. The van der Waals surface area contributed by atoms with Crippen LogP contribution in [0.2, 0.25) is 0 Å². The minimum absolute atomic E-state index is 0.445. The highest BCUT2D eigenvalue weighted by molar-refractivity contribution is 5.73. The fourth-order valence-corrected chi connectivity index (χ4v) is 2.36. The molecule has 4 nitrogen and oxygen atoms in total. The lowest BCUT2D eigenvalue weighted by atomic mass is 9.75. The first-order valence-electron chi connectivity index (χ1n) is 6.00. The number of carboxylic acids is 1. The Kier molecular flexibility index (Phi) is 4.33. The van der Waals surface area contributed by atoms with E-state index in [-0.39, 0.29) is 0 Å². The van der Waals surface area contributed by atoms with E-state index in [1.165, 1.54) is 12.8 Å². The van der Waals surface area contributed by atoms with E-state index in [1.807, 2.05) is 7.05 Å². The summed E-state index contributed by atoms with van der Waals surface area (Å²) >= 11 is 0. The van der Waals surface area contributed by atoms with Crippen molar-refractivity contribution in [2.24, 2.45) is 11.1 Å². The number of likely N-dealkylation sites (N-methyl/N-ethyl adjacent to an activating group) is 1. The summed E-state index contributed by atoms with van der Waals surface area (Å²) < 4.78 is 0. The second kappa shape index (κ2) is 5.15. The van der Waals surface area contributed by atoms with Gasteiger partial charge in [0.25, 0.3) is 0 Å². The Morgan fingerprint density at radius 1 is 1.50 bits per heavy atom. The summed E-state index contributed by atoms with van der Waals surface area (Å²) in [5.74, 6) is -0.914. The van der Waals surface area contributed by atoms with Crippen molar-refractivity contribution in [1.29, 1.82) is 0 Å². The second-order valence-corrected chi connectivity index (χ2v) is 5.78. The molecule has 1 aliphatic carbocycles. The van der Waals surface area contributed by atoms with Gasteiger partial charge in [0.15, 0.2) is 0 Å². The van der Waals surface area contributed by atoms with Crippen LogP contribution in [0.25, 0.3) is 0 Å². The van der Waals surface area contributed by atoms with Crippen LogP contribution < -0.4 is 5.73 Å². The Hall–Kier alpha value is -0.610. The predicted octanol–water partition coefficient (Wildman–Crippen LogP) is 1.30. The molecule has 0 heterocycles. The summed E-state index contributed by atoms with van der Waals surface area (Å²) in [7, 11) is 1.98. The van der Waals surface area contributed by atoms with E-state index in [9.17, 15) is 4.79 Å². The van der Waals surface area contributed by atoms with Gasteiger partial charge in [-0.2, -0.15) is 0 Å². The van der Waals surface area contributed by atoms with Crippen LogP contribution in [0.15, 0.2) is 0 Å². The van der Waals surface area contributed by atoms with Gasteiger partial charge in [0.1, 0.15) is 6.04 Å². The van der Waals surface area contributed by atoms with Crippen molar-refractivity contribution in [3.8, 4) is 0 Å². The number of hydrogen-bond acceptors (Lipinski definition) is 3. The van der Waals surface area contributed by atoms with Crippen molar-refractivity contribution in [2.45, 2.75) is 51.6 Å². The van der Waals surface area contributed by atoms with Gasteiger partial charge >= 0.3 is 5.97 Å². The third-order valence-corrected chi connectivity index (χ3v) is 3.73. The largest absolute Gasteiger partial charge is 0.480 e. The first kappa shape index (κ1) is 13.5. The maximum atomic E-state index is 10.7. The summed E-state index contributed by atoms with van der Waals surface area (Å²) in [4.78, 5) is 12.8. The molecule has 1 saturated carbocycles. The molecular formula is C12H24N2O2. The fourth-order valence-electron chi connectivity index (χ4n) is 2.36. The fraction of sp³-hybridized carbons (Fsp3) is 0.917. The van der Waals surface area contributed by atoms with Gasteiger partial charge in [-0.1, -0.05) is 13.8 Å². The van der Waals surface area contributed by atoms with Gasteiger partial charge in [0.2, 0.25) is 0 Å². The highest BCUT2D eigenvalue weighted by Crippen LogP contribution is 2.36. The molecule has 4 heteroatoms. The molecule has 0 aromatic rings. The number of aliphatic carboxylic acids is 1. The maximum absolute atomic E-state index is 10.7. The Bertz CT molecular complexity index is 243. The van der Waals surface area contributed by atoms with Gasteiger partial charge in [-0.15, -0.1) is 0 Å². The standard InChI is InChI=1S/C12H24N2O2/c1-12(2)6-4-9(5-7-12)14(3)8-10(13)11(15)16/h9-10H,4-8,13H2,1-3H3,(H,15,16). The van der Waals surface area contributed by atoms with Gasteiger partial charge in [-0.05, 0) is 38.1 Å². The average molecular weight is 228 g/mol. The van der Waals surface area contributed by atoms with Crippen LogP contribution in [0.1, 0.15) is 39.5 Å². The Balaban J connectivity index is 2.39. The third kappa shape index (κ3) is 3.76. The highest BCUT2D eigenvalue weighted by atomic mass is 16.4. The zero-order valence-electron chi connectivity index (χ0n) is 10.6.